The first-order chi connectivity index (χ1) is 8.16. The van der Waals surface area contributed by atoms with Crippen molar-refractivity contribution in [2.45, 2.75) is 19.6 Å². The maximum Gasteiger partial charge on any atom is 0.284 e. The topological polar surface area (TPSA) is 104 Å². The van der Waals surface area contributed by atoms with Crippen LogP contribution in [-0.4, -0.2) is 26.2 Å². The molecule has 2 aromatic heterocycles. The van der Waals surface area contributed by atoms with Crippen LogP contribution in [0, 0.1) is 5.92 Å². The molecule has 0 bridgehead atoms. The summed E-state index contributed by atoms with van der Waals surface area (Å²) in [6.45, 7) is 4.33. The Labute approximate surface area is 102 Å². The largest absolute Gasteiger partial charge is 0.379 e. The second-order valence-corrected chi connectivity index (χ2v) is 4.95. The molecule has 0 radical (unpaired) electrons. The van der Waals surface area contributed by atoms with E-state index in [4.69, 9.17) is 10.3 Å². The van der Waals surface area contributed by atoms with Gasteiger partial charge in [-0.2, -0.15) is 16.7 Å². The zero-order chi connectivity index (χ0) is 12.3. The maximum absolute atomic E-state index is 5.52. The fourth-order valence-corrected chi connectivity index (χ4v) is 2.03. The zero-order valence-corrected chi connectivity index (χ0v) is 10.4. The average Bonchev–Trinajstić information content (AvgIpc) is 2.86. The van der Waals surface area contributed by atoms with Crippen molar-refractivity contribution in [2.75, 3.05) is 11.5 Å². The van der Waals surface area contributed by atoms with Gasteiger partial charge in [0.2, 0.25) is 11.5 Å². The fourth-order valence-electron chi connectivity index (χ4n) is 1.14. The molecule has 0 aromatic carbocycles. The van der Waals surface area contributed by atoms with E-state index in [1.807, 2.05) is 0 Å². The van der Waals surface area contributed by atoms with Crippen LogP contribution in [0.5, 0.6) is 0 Å². The van der Waals surface area contributed by atoms with Gasteiger partial charge in [0.1, 0.15) is 0 Å². The van der Waals surface area contributed by atoms with E-state index in [-0.39, 0.29) is 17.4 Å². The second kappa shape index (κ2) is 5.17. The summed E-state index contributed by atoms with van der Waals surface area (Å²) in [5.74, 6) is 3.40. The molecule has 17 heavy (non-hydrogen) atoms. The quantitative estimate of drug-likeness (QED) is 0.858. The second-order valence-electron chi connectivity index (χ2n) is 3.92. The SMILES string of the molecule is CC(C)CSCc1noc(-c2nonc2N)n1. The summed E-state index contributed by atoms with van der Waals surface area (Å²) in [6.07, 6.45) is 0. The molecule has 2 rings (SSSR count). The van der Waals surface area contributed by atoms with Crippen molar-refractivity contribution in [3.63, 3.8) is 0 Å². The summed E-state index contributed by atoms with van der Waals surface area (Å²) in [4.78, 5) is 4.17. The lowest BCUT2D eigenvalue weighted by molar-refractivity contribution is 0.308. The molecular formula is C9H13N5O2S. The Balaban J connectivity index is 1.99. The van der Waals surface area contributed by atoms with E-state index in [1.54, 1.807) is 11.8 Å². The van der Waals surface area contributed by atoms with Crippen molar-refractivity contribution in [1.29, 1.82) is 0 Å². The molecule has 2 heterocycles. The van der Waals surface area contributed by atoms with Crippen molar-refractivity contribution >= 4 is 17.6 Å². The highest BCUT2D eigenvalue weighted by Crippen LogP contribution is 2.21. The van der Waals surface area contributed by atoms with Crippen LogP contribution >= 0.6 is 11.8 Å². The molecule has 0 amide bonds. The van der Waals surface area contributed by atoms with Gasteiger partial charge in [0.25, 0.3) is 5.89 Å². The van der Waals surface area contributed by atoms with Crippen molar-refractivity contribution in [1.82, 2.24) is 20.5 Å². The molecule has 8 heteroatoms. The molecule has 2 aromatic rings. The molecule has 7 nitrogen and oxygen atoms in total. The minimum atomic E-state index is 0.148. The van der Waals surface area contributed by atoms with Crippen molar-refractivity contribution in [3.05, 3.63) is 5.82 Å². The van der Waals surface area contributed by atoms with Gasteiger partial charge in [-0.25, -0.2) is 4.63 Å². The molecule has 2 N–H and O–H groups in total. The summed E-state index contributed by atoms with van der Waals surface area (Å²) in [5.41, 5.74) is 5.81. The predicted molar refractivity (Wildman–Crippen MR) is 63.0 cm³/mol. The molecule has 0 saturated heterocycles. The molecule has 0 aliphatic rings. The Hall–Kier alpha value is -1.57. The number of anilines is 1. The third-order valence-electron chi connectivity index (χ3n) is 1.87. The number of nitrogens with zero attached hydrogens (tertiary/aromatic N) is 4. The van der Waals surface area contributed by atoms with Gasteiger partial charge in [-0.05, 0) is 22.0 Å². The minimum absolute atomic E-state index is 0.148. The smallest absolute Gasteiger partial charge is 0.284 e. The van der Waals surface area contributed by atoms with Crippen LogP contribution in [0.3, 0.4) is 0 Å². The predicted octanol–water partition coefficient (Wildman–Crippen LogP) is 1.59. The van der Waals surface area contributed by atoms with E-state index in [0.717, 1.165) is 5.75 Å². The van der Waals surface area contributed by atoms with Gasteiger partial charge in [0.05, 0.1) is 5.75 Å². The van der Waals surface area contributed by atoms with Crippen LogP contribution in [0.25, 0.3) is 11.6 Å². The van der Waals surface area contributed by atoms with E-state index < -0.39 is 0 Å². The van der Waals surface area contributed by atoms with E-state index in [0.29, 0.717) is 17.5 Å². The lowest BCUT2D eigenvalue weighted by Crippen LogP contribution is -1.93. The molecule has 0 fully saturated rings. The van der Waals surface area contributed by atoms with Crippen molar-refractivity contribution in [3.8, 4) is 11.6 Å². The minimum Gasteiger partial charge on any atom is -0.379 e. The van der Waals surface area contributed by atoms with Crippen LogP contribution < -0.4 is 5.73 Å². The Morgan fingerprint density at radius 3 is 2.76 bits per heavy atom. The number of thioether (sulfide) groups is 1. The highest BCUT2D eigenvalue weighted by Gasteiger charge is 2.16. The van der Waals surface area contributed by atoms with Gasteiger partial charge in [0, 0.05) is 0 Å². The van der Waals surface area contributed by atoms with Crippen LogP contribution in [-0.2, 0) is 5.75 Å². The van der Waals surface area contributed by atoms with Gasteiger partial charge < -0.3 is 10.3 Å². The number of nitrogen functional groups attached to an aromatic ring is 1. The molecule has 0 atom stereocenters. The van der Waals surface area contributed by atoms with Gasteiger partial charge in [-0.1, -0.05) is 19.0 Å². The van der Waals surface area contributed by atoms with Gasteiger partial charge in [-0.3, -0.25) is 0 Å². The first-order valence-electron chi connectivity index (χ1n) is 5.15. The molecular weight excluding hydrogens is 242 g/mol. The standard InChI is InChI=1S/C9H13N5O2S/c1-5(2)3-17-4-6-11-9(15-12-6)7-8(10)14-16-13-7/h5H,3-4H2,1-2H3,(H2,10,14). The lowest BCUT2D eigenvalue weighted by Gasteiger charge is -2.00. The number of hydrogen-bond donors (Lipinski definition) is 1. The van der Waals surface area contributed by atoms with Crippen LogP contribution in [0.1, 0.15) is 19.7 Å². The summed E-state index contributed by atoms with van der Waals surface area (Å²) in [6, 6.07) is 0. The van der Waals surface area contributed by atoms with Crippen LogP contribution in [0.15, 0.2) is 9.15 Å². The van der Waals surface area contributed by atoms with E-state index in [2.05, 4.69) is 38.9 Å². The number of hydrogen-bond acceptors (Lipinski definition) is 8. The number of aromatic nitrogens is 4. The maximum atomic E-state index is 5.52. The Morgan fingerprint density at radius 2 is 2.12 bits per heavy atom. The number of nitrogens with two attached hydrogens (primary N) is 1. The summed E-state index contributed by atoms with van der Waals surface area (Å²) in [7, 11) is 0. The van der Waals surface area contributed by atoms with Gasteiger partial charge in [-0.15, -0.1) is 0 Å². The zero-order valence-electron chi connectivity index (χ0n) is 9.58. The molecule has 0 spiro atoms. The van der Waals surface area contributed by atoms with E-state index in [9.17, 15) is 0 Å². The summed E-state index contributed by atoms with van der Waals surface area (Å²) >= 11 is 1.75. The third-order valence-corrected chi connectivity index (χ3v) is 3.23. The first-order valence-corrected chi connectivity index (χ1v) is 6.31. The Morgan fingerprint density at radius 1 is 1.29 bits per heavy atom. The molecule has 0 unspecified atom stereocenters. The lowest BCUT2D eigenvalue weighted by atomic mass is 10.3. The van der Waals surface area contributed by atoms with Gasteiger partial charge in [0.15, 0.2) is 5.82 Å². The molecule has 92 valence electrons. The van der Waals surface area contributed by atoms with Crippen molar-refractivity contribution < 1.29 is 9.15 Å². The summed E-state index contributed by atoms with van der Waals surface area (Å²) < 4.78 is 9.49. The molecule has 0 aliphatic heterocycles. The molecule has 0 aliphatic carbocycles. The highest BCUT2D eigenvalue weighted by molar-refractivity contribution is 7.98. The molecule has 0 saturated carbocycles. The van der Waals surface area contributed by atoms with E-state index in [1.165, 1.54) is 0 Å². The van der Waals surface area contributed by atoms with Crippen molar-refractivity contribution in [2.24, 2.45) is 5.92 Å². The Bertz CT molecular complexity index is 481. The summed E-state index contributed by atoms with van der Waals surface area (Å²) in [5, 5.41) is 10.9. The van der Waals surface area contributed by atoms with Crippen LogP contribution in [0.2, 0.25) is 0 Å². The number of rotatable bonds is 5. The van der Waals surface area contributed by atoms with E-state index >= 15 is 0 Å². The first kappa shape index (κ1) is 11.9. The monoisotopic (exact) mass is 255 g/mol. The fraction of sp³-hybridized carbons (Fsp3) is 0.556. The Kier molecular flexibility index (Phi) is 3.62. The normalized spacial score (nSPS) is 11.2. The van der Waals surface area contributed by atoms with Gasteiger partial charge >= 0.3 is 0 Å². The average molecular weight is 255 g/mol. The third kappa shape index (κ3) is 2.96. The van der Waals surface area contributed by atoms with Crippen LogP contribution in [0.4, 0.5) is 5.82 Å². The highest BCUT2D eigenvalue weighted by atomic mass is 32.2.